The summed E-state index contributed by atoms with van der Waals surface area (Å²) in [6, 6.07) is 6.51. The Balaban J connectivity index is 1.49. The number of nitrogens with zero attached hydrogens (tertiary/aromatic N) is 1. The first-order chi connectivity index (χ1) is 13.5. The van der Waals surface area contributed by atoms with Crippen LogP contribution in [0.1, 0.15) is 44.9 Å². The Morgan fingerprint density at radius 3 is 2.46 bits per heavy atom. The third kappa shape index (κ3) is 5.34. The van der Waals surface area contributed by atoms with Gasteiger partial charge in [-0.1, -0.05) is 11.6 Å². The van der Waals surface area contributed by atoms with E-state index in [-0.39, 0.29) is 5.75 Å². The molecule has 0 saturated carbocycles. The number of hydrogen-bond donors (Lipinski definition) is 2. The molecule has 1 saturated heterocycles. The van der Waals surface area contributed by atoms with E-state index in [1.54, 1.807) is 24.3 Å². The minimum Gasteiger partial charge on any atom is -0.348 e. The maximum absolute atomic E-state index is 12.1. The van der Waals surface area contributed by atoms with Gasteiger partial charge in [0.25, 0.3) is 0 Å². The van der Waals surface area contributed by atoms with Crippen LogP contribution in [0, 0.1) is 0 Å². The van der Waals surface area contributed by atoms with Crippen molar-refractivity contribution >= 4 is 33.2 Å². The summed E-state index contributed by atoms with van der Waals surface area (Å²) in [6.45, 7) is 0.913. The molecule has 1 heterocycles. The summed E-state index contributed by atoms with van der Waals surface area (Å²) in [4.78, 5) is 24.0. The van der Waals surface area contributed by atoms with Gasteiger partial charge in [0, 0.05) is 18.8 Å². The molecule has 0 aromatic heterocycles. The topological polar surface area (TPSA) is 95.6 Å². The molecule has 28 heavy (non-hydrogen) atoms. The fourth-order valence-corrected chi connectivity index (χ4v) is 5.17. The van der Waals surface area contributed by atoms with Crippen LogP contribution in [0.15, 0.2) is 35.9 Å². The smallest absolute Gasteiger partial charge is 0.313 e. The second kappa shape index (κ2) is 9.23. The van der Waals surface area contributed by atoms with Gasteiger partial charge in [0.2, 0.25) is 10.0 Å². The number of amides is 2. The van der Waals surface area contributed by atoms with Gasteiger partial charge >= 0.3 is 11.8 Å². The van der Waals surface area contributed by atoms with Crippen LogP contribution in [0.2, 0.25) is 0 Å². The number of nitrogens with one attached hydrogen (secondary N) is 2. The first-order valence-corrected chi connectivity index (χ1v) is 11.4. The normalized spacial score (nSPS) is 18.9. The van der Waals surface area contributed by atoms with Crippen molar-refractivity contribution in [1.29, 1.82) is 0 Å². The quantitative estimate of drug-likeness (QED) is 0.581. The molecule has 7 nitrogen and oxygen atoms in total. The van der Waals surface area contributed by atoms with E-state index in [1.165, 1.54) is 22.7 Å². The van der Waals surface area contributed by atoms with Gasteiger partial charge in [-0.3, -0.25) is 13.9 Å². The van der Waals surface area contributed by atoms with E-state index in [9.17, 15) is 18.0 Å². The molecular formula is C20H27N3O4S. The Labute approximate surface area is 166 Å². The third-order valence-corrected chi connectivity index (χ3v) is 6.95. The van der Waals surface area contributed by atoms with Gasteiger partial charge in [0.05, 0.1) is 11.4 Å². The van der Waals surface area contributed by atoms with E-state index in [1.807, 2.05) is 0 Å². The van der Waals surface area contributed by atoms with Crippen LogP contribution >= 0.6 is 0 Å². The highest BCUT2D eigenvalue weighted by Crippen LogP contribution is 2.25. The van der Waals surface area contributed by atoms with Crippen molar-refractivity contribution in [2.24, 2.45) is 0 Å². The number of allylic oxidation sites excluding steroid dienone is 1. The fourth-order valence-electron chi connectivity index (χ4n) is 3.53. The highest BCUT2D eigenvalue weighted by atomic mass is 32.2. The minimum atomic E-state index is -3.27. The SMILES string of the molecule is O=C(NCCC1=CCCCC1)C(=O)Nc1ccc(N2CCCCS2(=O)=O)cc1. The van der Waals surface area contributed by atoms with Crippen molar-refractivity contribution in [1.82, 2.24) is 5.32 Å². The molecule has 1 aromatic carbocycles. The van der Waals surface area contributed by atoms with Gasteiger partial charge < -0.3 is 10.6 Å². The zero-order chi connectivity index (χ0) is 20.0. The predicted molar refractivity (Wildman–Crippen MR) is 110 cm³/mol. The number of hydrogen-bond acceptors (Lipinski definition) is 4. The fraction of sp³-hybridized carbons (Fsp3) is 0.500. The van der Waals surface area contributed by atoms with Crippen LogP contribution < -0.4 is 14.9 Å². The Bertz CT molecular complexity index is 847. The van der Waals surface area contributed by atoms with Crippen LogP contribution in [0.4, 0.5) is 11.4 Å². The molecule has 152 valence electrons. The molecule has 2 N–H and O–H groups in total. The molecular weight excluding hydrogens is 378 g/mol. The van der Waals surface area contributed by atoms with Gasteiger partial charge in [-0.25, -0.2) is 8.42 Å². The average molecular weight is 406 g/mol. The van der Waals surface area contributed by atoms with Crippen molar-refractivity contribution in [2.45, 2.75) is 44.9 Å². The third-order valence-electron chi connectivity index (χ3n) is 5.09. The van der Waals surface area contributed by atoms with E-state index < -0.39 is 21.8 Å². The summed E-state index contributed by atoms with van der Waals surface area (Å²) in [5.74, 6) is -1.24. The van der Waals surface area contributed by atoms with E-state index in [0.717, 1.165) is 25.7 Å². The maximum Gasteiger partial charge on any atom is 0.313 e. The largest absolute Gasteiger partial charge is 0.348 e. The van der Waals surface area contributed by atoms with Crippen molar-refractivity contribution in [3.05, 3.63) is 35.9 Å². The number of benzene rings is 1. The molecule has 0 radical (unpaired) electrons. The van der Waals surface area contributed by atoms with E-state index in [4.69, 9.17) is 0 Å². The summed E-state index contributed by atoms with van der Waals surface area (Å²) in [5, 5.41) is 5.19. The standard InChI is InChI=1S/C20H27N3O4S/c24-19(21-13-12-16-6-2-1-3-7-16)20(25)22-17-8-10-18(11-9-17)23-14-4-5-15-28(23,26)27/h6,8-11H,1-5,7,12-15H2,(H,21,24)(H,22,25). The summed E-state index contributed by atoms with van der Waals surface area (Å²) in [7, 11) is -3.27. The minimum absolute atomic E-state index is 0.155. The Morgan fingerprint density at radius 1 is 1.00 bits per heavy atom. The first-order valence-electron chi connectivity index (χ1n) is 9.83. The number of rotatable bonds is 5. The molecule has 2 aliphatic rings. The van der Waals surface area contributed by atoms with Crippen LogP contribution in [-0.4, -0.2) is 39.1 Å². The number of anilines is 2. The first kappa shape index (κ1) is 20.4. The van der Waals surface area contributed by atoms with Gasteiger partial charge in [0.15, 0.2) is 0 Å². The zero-order valence-electron chi connectivity index (χ0n) is 15.9. The second-order valence-electron chi connectivity index (χ2n) is 7.21. The lowest BCUT2D eigenvalue weighted by Gasteiger charge is -2.28. The molecule has 0 unspecified atom stereocenters. The zero-order valence-corrected chi connectivity index (χ0v) is 16.8. The van der Waals surface area contributed by atoms with E-state index in [0.29, 0.717) is 30.9 Å². The number of carbonyl (C=O) groups is 2. The van der Waals surface area contributed by atoms with Gasteiger partial charge in [0.1, 0.15) is 0 Å². The molecule has 0 spiro atoms. The molecule has 1 aromatic rings. The molecule has 0 bridgehead atoms. The monoisotopic (exact) mass is 405 g/mol. The molecule has 8 heteroatoms. The van der Waals surface area contributed by atoms with Gasteiger partial charge in [-0.2, -0.15) is 0 Å². The summed E-state index contributed by atoms with van der Waals surface area (Å²) in [6.07, 6.45) is 9.08. The van der Waals surface area contributed by atoms with E-state index >= 15 is 0 Å². The second-order valence-corrected chi connectivity index (χ2v) is 9.22. The van der Waals surface area contributed by atoms with Crippen LogP contribution in [0.3, 0.4) is 0 Å². The summed E-state index contributed by atoms with van der Waals surface area (Å²) >= 11 is 0. The highest BCUT2D eigenvalue weighted by Gasteiger charge is 2.25. The molecule has 3 rings (SSSR count). The van der Waals surface area contributed by atoms with Crippen LogP contribution in [0.25, 0.3) is 0 Å². The van der Waals surface area contributed by atoms with Crippen molar-refractivity contribution in [3.63, 3.8) is 0 Å². The van der Waals surface area contributed by atoms with Crippen LogP contribution in [-0.2, 0) is 19.6 Å². The van der Waals surface area contributed by atoms with Gasteiger partial charge in [-0.05, 0) is 69.2 Å². The Kier molecular flexibility index (Phi) is 6.72. The Morgan fingerprint density at radius 2 is 1.79 bits per heavy atom. The lowest BCUT2D eigenvalue weighted by atomic mass is 9.97. The molecule has 2 amide bonds. The average Bonchev–Trinajstić information content (AvgIpc) is 2.69. The number of sulfonamides is 1. The molecule has 1 aliphatic heterocycles. The molecule has 0 atom stereocenters. The van der Waals surface area contributed by atoms with Crippen molar-refractivity contribution in [2.75, 3.05) is 28.5 Å². The predicted octanol–water partition coefficient (Wildman–Crippen LogP) is 2.56. The maximum atomic E-state index is 12.1. The summed E-state index contributed by atoms with van der Waals surface area (Å²) in [5.41, 5.74) is 2.37. The van der Waals surface area contributed by atoms with Crippen molar-refractivity contribution < 1.29 is 18.0 Å². The Hall–Kier alpha value is -2.35. The number of carbonyl (C=O) groups excluding carboxylic acids is 2. The van der Waals surface area contributed by atoms with Crippen LogP contribution in [0.5, 0.6) is 0 Å². The van der Waals surface area contributed by atoms with Gasteiger partial charge in [-0.15, -0.1) is 0 Å². The molecule has 1 fully saturated rings. The van der Waals surface area contributed by atoms with Crippen molar-refractivity contribution in [3.8, 4) is 0 Å². The lowest BCUT2D eigenvalue weighted by molar-refractivity contribution is -0.136. The van der Waals surface area contributed by atoms with E-state index in [2.05, 4.69) is 16.7 Å². The summed E-state index contributed by atoms with van der Waals surface area (Å²) < 4.78 is 25.7. The lowest BCUT2D eigenvalue weighted by Crippen LogP contribution is -2.38. The highest BCUT2D eigenvalue weighted by molar-refractivity contribution is 7.92. The molecule has 1 aliphatic carbocycles.